The van der Waals surface area contributed by atoms with Gasteiger partial charge >= 0.3 is 0 Å². The van der Waals surface area contributed by atoms with Crippen molar-refractivity contribution in [3.05, 3.63) is 29.1 Å². The number of carbonyl (C=O) groups excluding carboxylic acids is 1. The second-order valence-electron chi connectivity index (χ2n) is 5.41. The molecular formula is C16H24N4O2. The fraction of sp³-hybridized carbons (Fsp3) is 0.500. The minimum absolute atomic E-state index is 0.0000128. The summed E-state index contributed by atoms with van der Waals surface area (Å²) in [5.41, 5.74) is 5.98. The van der Waals surface area contributed by atoms with E-state index >= 15 is 0 Å². The number of fused-ring (bicyclic) bond motifs is 1. The fourth-order valence-electron chi connectivity index (χ4n) is 2.62. The van der Waals surface area contributed by atoms with Crippen LogP contribution in [0.15, 0.2) is 12.1 Å². The zero-order valence-corrected chi connectivity index (χ0v) is 13.4. The molecule has 120 valence electrons. The monoisotopic (exact) mass is 304 g/mol. The molecule has 3 N–H and O–H groups in total. The van der Waals surface area contributed by atoms with Gasteiger partial charge in [-0.25, -0.2) is 10.5 Å². The molecule has 22 heavy (non-hydrogen) atoms. The molecule has 6 nitrogen and oxygen atoms in total. The lowest BCUT2D eigenvalue weighted by Gasteiger charge is -2.09. The third-order valence-electron chi connectivity index (χ3n) is 3.83. The molecular weight excluding hydrogens is 280 g/mol. The van der Waals surface area contributed by atoms with E-state index in [0.29, 0.717) is 0 Å². The van der Waals surface area contributed by atoms with E-state index in [9.17, 15) is 4.79 Å². The molecule has 0 spiro atoms. The van der Waals surface area contributed by atoms with E-state index in [4.69, 9.17) is 10.2 Å². The van der Waals surface area contributed by atoms with Crippen molar-refractivity contribution in [2.45, 2.75) is 46.5 Å². The van der Waals surface area contributed by atoms with E-state index < -0.39 is 5.91 Å². The standard InChI is InChI=1S/C16H24N4O2/c1-4-6-7-13-15(17-10-14(21)19-22)18-16-12(5-2)9-8-11(3)20(13)16/h8-9,17,22H,4-7,10H2,1-3H3,(H,19,21). The number of hydrogen-bond donors (Lipinski definition) is 3. The molecule has 2 aromatic heterocycles. The quantitative estimate of drug-likeness (QED) is 0.542. The van der Waals surface area contributed by atoms with Gasteiger partial charge in [0.05, 0.1) is 12.2 Å². The molecule has 1 amide bonds. The molecule has 0 aliphatic rings. The topological polar surface area (TPSA) is 78.7 Å². The van der Waals surface area contributed by atoms with Crippen LogP contribution in [-0.4, -0.2) is 27.0 Å². The predicted molar refractivity (Wildman–Crippen MR) is 86.3 cm³/mol. The van der Waals surface area contributed by atoms with E-state index in [1.807, 2.05) is 0 Å². The van der Waals surface area contributed by atoms with Crippen molar-refractivity contribution in [2.24, 2.45) is 0 Å². The Morgan fingerprint density at radius 1 is 1.36 bits per heavy atom. The average molecular weight is 304 g/mol. The van der Waals surface area contributed by atoms with Crippen LogP contribution in [0.1, 0.15) is 43.6 Å². The van der Waals surface area contributed by atoms with E-state index in [-0.39, 0.29) is 6.54 Å². The summed E-state index contributed by atoms with van der Waals surface area (Å²) in [6, 6.07) is 4.21. The number of rotatable bonds is 7. The molecule has 2 heterocycles. The summed E-state index contributed by atoms with van der Waals surface area (Å²) in [6.07, 6.45) is 3.96. The van der Waals surface area contributed by atoms with Gasteiger partial charge in [-0.15, -0.1) is 0 Å². The summed E-state index contributed by atoms with van der Waals surface area (Å²) >= 11 is 0. The maximum Gasteiger partial charge on any atom is 0.262 e. The number of anilines is 1. The summed E-state index contributed by atoms with van der Waals surface area (Å²) < 4.78 is 2.17. The number of imidazole rings is 1. The molecule has 0 atom stereocenters. The van der Waals surface area contributed by atoms with Gasteiger partial charge in [0.2, 0.25) is 0 Å². The summed E-state index contributed by atoms with van der Waals surface area (Å²) in [4.78, 5) is 16.0. The lowest BCUT2D eigenvalue weighted by molar-refractivity contribution is -0.127. The van der Waals surface area contributed by atoms with Crippen LogP contribution >= 0.6 is 0 Å². The molecule has 6 heteroatoms. The molecule has 0 aliphatic heterocycles. The molecule has 2 aromatic rings. The van der Waals surface area contributed by atoms with Crippen molar-refractivity contribution in [1.29, 1.82) is 0 Å². The number of carbonyl (C=O) groups is 1. The van der Waals surface area contributed by atoms with Crippen LogP contribution in [0.3, 0.4) is 0 Å². The van der Waals surface area contributed by atoms with Crippen LogP contribution in [0.25, 0.3) is 5.65 Å². The van der Waals surface area contributed by atoms with Gasteiger partial charge in [-0.05, 0) is 37.8 Å². The average Bonchev–Trinajstić information content (AvgIpc) is 2.90. The van der Waals surface area contributed by atoms with Gasteiger partial charge in [0.1, 0.15) is 11.5 Å². The van der Waals surface area contributed by atoms with Crippen LogP contribution in [0, 0.1) is 6.92 Å². The summed E-state index contributed by atoms with van der Waals surface area (Å²) in [6.45, 7) is 6.32. The number of hydroxylamine groups is 1. The summed E-state index contributed by atoms with van der Waals surface area (Å²) in [5, 5.41) is 11.7. The Hall–Kier alpha value is -2.08. The van der Waals surface area contributed by atoms with Gasteiger partial charge < -0.3 is 5.32 Å². The lowest BCUT2D eigenvalue weighted by atomic mass is 10.1. The van der Waals surface area contributed by atoms with Crippen molar-refractivity contribution in [2.75, 3.05) is 11.9 Å². The first kappa shape index (κ1) is 16.3. The molecule has 0 bridgehead atoms. The van der Waals surface area contributed by atoms with Crippen molar-refractivity contribution in [3.63, 3.8) is 0 Å². The maximum absolute atomic E-state index is 11.3. The molecule has 0 saturated carbocycles. The van der Waals surface area contributed by atoms with Crippen LogP contribution in [-0.2, 0) is 17.6 Å². The Morgan fingerprint density at radius 3 is 2.77 bits per heavy atom. The Morgan fingerprint density at radius 2 is 2.14 bits per heavy atom. The highest BCUT2D eigenvalue weighted by Gasteiger charge is 2.16. The second kappa shape index (κ2) is 7.26. The van der Waals surface area contributed by atoms with Crippen LogP contribution < -0.4 is 10.8 Å². The zero-order chi connectivity index (χ0) is 16.1. The maximum atomic E-state index is 11.3. The number of aromatic nitrogens is 2. The summed E-state index contributed by atoms with van der Waals surface area (Å²) in [7, 11) is 0. The molecule has 0 aliphatic carbocycles. The van der Waals surface area contributed by atoms with Gasteiger partial charge in [-0.3, -0.25) is 14.4 Å². The summed E-state index contributed by atoms with van der Waals surface area (Å²) in [5.74, 6) is 0.243. The first-order valence-corrected chi connectivity index (χ1v) is 7.78. The Bertz CT molecular complexity index is 664. The minimum atomic E-state index is -0.481. The van der Waals surface area contributed by atoms with Crippen LogP contribution in [0.4, 0.5) is 5.82 Å². The molecule has 0 unspecified atom stereocenters. The molecule has 2 rings (SSSR count). The number of hydrogen-bond acceptors (Lipinski definition) is 4. The molecule has 0 radical (unpaired) electrons. The highest BCUT2D eigenvalue weighted by Crippen LogP contribution is 2.24. The highest BCUT2D eigenvalue weighted by molar-refractivity contribution is 5.79. The van der Waals surface area contributed by atoms with E-state index in [1.165, 1.54) is 5.56 Å². The Kier molecular flexibility index (Phi) is 5.38. The first-order valence-electron chi connectivity index (χ1n) is 7.78. The van der Waals surface area contributed by atoms with Gasteiger partial charge in [0.25, 0.3) is 5.91 Å². The van der Waals surface area contributed by atoms with E-state index in [1.54, 1.807) is 5.48 Å². The number of pyridine rings is 1. The molecule has 0 fully saturated rings. The van der Waals surface area contributed by atoms with Gasteiger partial charge in [0.15, 0.2) is 0 Å². The lowest BCUT2D eigenvalue weighted by Crippen LogP contribution is -2.27. The molecule has 0 aromatic carbocycles. The van der Waals surface area contributed by atoms with Crippen LogP contribution in [0.2, 0.25) is 0 Å². The van der Waals surface area contributed by atoms with Gasteiger partial charge in [-0.2, -0.15) is 0 Å². The number of nitrogens with one attached hydrogen (secondary N) is 2. The smallest absolute Gasteiger partial charge is 0.262 e. The second-order valence-corrected chi connectivity index (χ2v) is 5.41. The largest absolute Gasteiger partial charge is 0.359 e. The van der Waals surface area contributed by atoms with Crippen molar-refractivity contribution >= 4 is 17.4 Å². The third kappa shape index (κ3) is 3.22. The van der Waals surface area contributed by atoms with Crippen molar-refractivity contribution < 1.29 is 10.0 Å². The van der Waals surface area contributed by atoms with Gasteiger partial charge in [-0.1, -0.05) is 26.3 Å². The Labute approximate surface area is 130 Å². The van der Waals surface area contributed by atoms with E-state index in [2.05, 4.69) is 42.6 Å². The first-order chi connectivity index (χ1) is 10.6. The Balaban J connectivity index is 2.48. The predicted octanol–water partition coefficient (Wildman–Crippen LogP) is 2.47. The van der Waals surface area contributed by atoms with Crippen molar-refractivity contribution in [1.82, 2.24) is 14.9 Å². The van der Waals surface area contributed by atoms with Crippen LogP contribution in [0.5, 0.6) is 0 Å². The SMILES string of the molecule is CCCCc1c(NCC(=O)NO)nc2c(CC)ccc(C)n12. The number of aryl methyl sites for hydroxylation is 3. The number of nitrogens with zero attached hydrogens (tertiary/aromatic N) is 2. The zero-order valence-electron chi connectivity index (χ0n) is 13.4. The minimum Gasteiger partial charge on any atom is -0.359 e. The fourth-order valence-corrected chi connectivity index (χ4v) is 2.62. The normalized spacial score (nSPS) is 10.9. The highest BCUT2D eigenvalue weighted by atomic mass is 16.5. The van der Waals surface area contributed by atoms with Gasteiger partial charge in [0, 0.05) is 5.69 Å². The molecule has 0 saturated heterocycles. The number of unbranched alkanes of at least 4 members (excludes halogenated alkanes) is 1. The third-order valence-corrected chi connectivity index (χ3v) is 3.83. The number of amides is 1. The van der Waals surface area contributed by atoms with E-state index in [0.717, 1.165) is 48.5 Å². The van der Waals surface area contributed by atoms with Crippen molar-refractivity contribution in [3.8, 4) is 0 Å².